The summed E-state index contributed by atoms with van der Waals surface area (Å²) in [6.45, 7) is 8.94. The van der Waals surface area contributed by atoms with E-state index < -0.39 is 0 Å². The van der Waals surface area contributed by atoms with E-state index in [1.54, 1.807) is 18.5 Å². The molecule has 1 fully saturated rings. The fourth-order valence-corrected chi connectivity index (χ4v) is 2.87. The van der Waals surface area contributed by atoms with Gasteiger partial charge in [0.1, 0.15) is 5.69 Å². The monoisotopic (exact) mass is 340 g/mol. The summed E-state index contributed by atoms with van der Waals surface area (Å²) in [5.74, 6) is 0.449. The third-order valence-corrected chi connectivity index (χ3v) is 4.35. The molecule has 2 aromatic heterocycles. The Morgan fingerprint density at radius 1 is 1.24 bits per heavy atom. The Labute approximate surface area is 148 Å². The van der Waals surface area contributed by atoms with Gasteiger partial charge in [0, 0.05) is 50.8 Å². The number of carbonyl (C=O) groups is 1. The maximum atomic E-state index is 12.8. The highest BCUT2D eigenvalue weighted by atomic mass is 16.2. The standard InChI is InChI=1S/C18H24N6O/c1-3-23-7-9-24(10-8-23)17(25)16-11-14(2)21-18(22-16)20-13-15-5-4-6-19-12-15/h4-6,11-12H,3,7-10,13H2,1-2H3,(H,20,21,22). The summed E-state index contributed by atoms with van der Waals surface area (Å²) < 4.78 is 0. The van der Waals surface area contributed by atoms with Gasteiger partial charge in [-0.05, 0) is 31.2 Å². The molecule has 132 valence electrons. The van der Waals surface area contributed by atoms with Crippen molar-refractivity contribution in [1.82, 2.24) is 24.8 Å². The first kappa shape index (κ1) is 17.3. The van der Waals surface area contributed by atoms with Gasteiger partial charge in [0.15, 0.2) is 0 Å². The lowest BCUT2D eigenvalue weighted by Gasteiger charge is -2.33. The summed E-state index contributed by atoms with van der Waals surface area (Å²) in [5, 5.41) is 3.17. The highest BCUT2D eigenvalue weighted by Crippen LogP contribution is 2.11. The lowest BCUT2D eigenvalue weighted by Crippen LogP contribution is -2.48. The molecule has 2 aromatic rings. The van der Waals surface area contributed by atoms with E-state index in [1.165, 1.54) is 0 Å². The van der Waals surface area contributed by atoms with Crippen LogP contribution in [0.2, 0.25) is 0 Å². The zero-order chi connectivity index (χ0) is 17.6. The van der Waals surface area contributed by atoms with Gasteiger partial charge in [-0.2, -0.15) is 0 Å². The van der Waals surface area contributed by atoms with Crippen LogP contribution >= 0.6 is 0 Å². The molecule has 1 saturated heterocycles. The molecule has 1 amide bonds. The second-order valence-electron chi connectivity index (χ2n) is 6.16. The van der Waals surface area contributed by atoms with E-state index in [9.17, 15) is 4.79 Å². The summed E-state index contributed by atoms with van der Waals surface area (Å²) in [6, 6.07) is 5.62. The Balaban J connectivity index is 1.67. The molecule has 25 heavy (non-hydrogen) atoms. The molecule has 0 bridgehead atoms. The van der Waals surface area contributed by atoms with Crippen LogP contribution in [0.1, 0.15) is 28.7 Å². The van der Waals surface area contributed by atoms with Gasteiger partial charge in [-0.3, -0.25) is 9.78 Å². The number of piperazine rings is 1. The van der Waals surface area contributed by atoms with Gasteiger partial charge in [-0.15, -0.1) is 0 Å². The van der Waals surface area contributed by atoms with Crippen LogP contribution in [0, 0.1) is 6.92 Å². The van der Waals surface area contributed by atoms with Crippen LogP contribution in [0.15, 0.2) is 30.6 Å². The second kappa shape index (κ2) is 8.02. The molecule has 0 aliphatic carbocycles. The molecule has 3 heterocycles. The molecule has 1 aliphatic heterocycles. The van der Waals surface area contributed by atoms with Crippen LogP contribution < -0.4 is 5.32 Å². The summed E-state index contributed by atoms with van der Waals surface area (Å²) in [6.07, 6.45) is 3.53. The Hall–Kier alpha value is -2.54. The van der Waals surface area contributed by atoms with E-state index in [4.69, 9.17) is 0 Å². The first-order valence-corrected chi connectivity index (χ1v) is 8.66. The van der Waals surface area contributed by atoms with E-state index in [-0.39, 0.29) is 5.91 Å². The first-order chi connectivity index (χ1) is 12.2. The van der Waals surface area contributed by atoms with Crippen molar-refractivity contribution in [1.29, 1.82) is 0 Å². The maximum absolute atomic E-state index is 12.8. The number of rotatable bonds is 5. The Bertz CT molecular complexity index is 713. The number of nitrogens with zero attached hydrogens (tertiary/aromatic N) is 5. The van der Waals surface area contributed by atoms with Crippen LogP contribution in [0.4, 0.5) is 5.95 Å². The molecule has 0 radical (unpaired) electrons. The Kier molecular flexibility index (Phi) is 5.55. The maximum Gasteiger partial charge on any atom is 0.272 e. The average molecular weight is 340 g/mol. The zero-order valence-electron chi connectivity index (χ0n) is 14.8. The number of nitrogens with one attached hydrogen (secondary N) is 1. The molecule has 0 atom stereocenters. The molecule has 1 N–H and O–H groups in total. The average Bonchev–Trinajstić information content (AvgIpc) is 2.66. The SMILES string of the molecule is CCN1CCN(C(=O)c2cc(C)nc(NCc3cccnc3)n2)CC1. The molecule has 3 rings (SSSR count). The van der Waals surface area contributed by atoms with Crippen molar-refractivity contribution < 1.29 is 4.79 Å². The fourth-order valence-electron chi connectivity index (χ4n) is 2.87. The number of hydrogen-bond acceptors (Lipinski definition) is 6. The molecule has 7 heteroatoms. The van der Waals surface area contributed by atoms with Gasteiger partial charge >= 0.3 is 0 Å². The van der Waals surface area contributed by atoms with Crippen LogP contribution in [0.25, 0.3) is 0 Å². The van der Waals surface area contributed by atoms with Gasteiger partial charge in [-0.1, -0.05) is 13.0 Å². The number of pyridine rings is 1. The Morgan fingerprint density at radius 2 is 2.04 bits per heavy atom. The molecule has 0 unspecified atom stereocenters. The lowest BCUT2D eigenvalue weighted by atomic mass is 10.2. The number of hydrogen-bond donors (Lipinski definition) is 1. The van der Waals surface area contributed by atoms with Gasteiger partial charge in [0.05, 0.1) is 0 Å². The van der Waals surface area contributed by atoms with Crippen LogP contribution in [0.3, 0.4) is 0 Å². The van der Waals surface area contributed by atoms with Crippen LogP contribution in [0.5, 0.6) is 0 Å². The summed E-state index contributed by atoms with van der Waals surface area (Å²) >= 11 is 0. The minimum Gasteiger partial charge on any atom is -0.350 e. The van der Waals surface area contributed by atoms with Gasteiger partial charge in [-0.25, -0.2) is 9.97 Å². The van der Waals surface area contributed by atoms with Crippen molar-refractivity contribution in [2.24, 2.45) is 0 Å². The Morgan fingerprint density at radius 3 is 2.72 bits per heavy atom. The highest BCUT2D eigenvalue weighted by molar-refractivity contribution is 5.92. The summed E-state index contributed by atoms with van der Waals surface area (Å²) in [5.41, 5.74) is 2.27. The molecular weight excluding hydrogens is 316 g/mol. The van der Waals surface area contributed by atoms with Crippen molar-refractivity contribution in [3.63, 3.8) is 0 Å². The van der Waals surface area contributed by atoms with E-state index >= 15 is 0 Å². The van der Waals surface area contributed by atoms with Crippen molar-refractivity contribution in [2.75, 3.05) is 38.0 Å². The van der Waals surface area contributed by atoms with Crippen LogP contribution in [-0.2, 0) is 6.54 Å². The number of aromatic nitrogens is 3. The number of amides is 1. The van der Waals surface area contributed by atoms with E-state index in [0.29, 0.717) is 18.2 Å². The highest BCUT2D eigenvalue weighted by Gasteiger charge is 2.23. The summed E-state index contributed by atoms with van der Waals surface area (Å²) in [7, 11) is 0. The largest absolute Gasteiger partial charge is 0.350 e. The van der Waals surface area contributed by atoms with Crippen molar-refractivity contribution in [3.05, 3.63) is 47.5 Å². The van der Waals surface area contributed by atoms with Crippen LogP contribution in [-0.4, -0.2) is 63.4 Å². The summed E-state index contributed by atoms with van der Waals surface area (Å²) in [4.78, 5) is 29.9. The van der Waals surface area contributed by atoms with Gasteiger partial charge in [0.2, 0.25) is 5.95 Å². The number of anilines is 1. The van der Waals surface area contributed by atoms with Crippen molar-refractivity contribution in [2.45, 2.75) is 20.4 Å². The third kappa shape index (κ3) is 4.51. The smallest absolute Gasteiger partial charge is 0.272 e. The predicted molar refractivity (Wildman–Crippen MR) is 96.4 cm³/mol. The molecule has 7 nitrogen and oxygen atoms in total. The van der Waals surface area contributed by atoms with E-state index in [0.717, 1.165) is 44.0 Å². The van der Waals surface area contributed by atoms with E-state index in [1.807, 2.05) is 24.0 Å². The topological polar surface area (TPSA) is 74.2 Å². The second-order valence-corrected chi connectivity index (χ2v) is 6.16. The predicted octanol–water partition coefficient (Wildman–Crippen LogP) is 1.57. The zero-order valence-corrected chi connectivity index (χ0v) is 14.8. The number of likely N-dealkylation sites (N-methyl/N-ethyl adjacent to an activating group) is 1. The lowest BCUT2D eigenvalue weighted by molar-refractivity contribution is 0.0637. The first-order valence-electron chi connectivity index (χ1n) is 8.66. The van der Waals surface area contributed by atoms with Crippen molar-refractivity contribution >= 4 is 11.9 Å². The molecular formula is C18H24N6O. The van der Waals surface area contributed by atoms with Crippen molar-refractivity contribution in [3.8, 4) is 0 Å². The quantitative estimate of drug-likeness (QED) is 0.891. The van der Waals surface area contributed by atoms with Gasteiger partial charge in [0.25, 0.3) is 5.91 Å². The molecule has 0 aromatic carbocycles. The normalized spacial score (nSPS) is 15.2. The molecule has 1 aliphatic rings. The minimum absolute atomic E-state index is 0.0225. The van der Waals surface area contributed by atoms with E-state index in [2.05, 4.69) is 32.1 Å². The van der Waals surface area contributed by atoms with Gasteiger partial charge < -0.3 is 15.1 Å². The fraction of sp³-hybridized carbons (Fsp3) is 0.444. The third-order valence-electron chi connectivity index (χ3n) is 4.35. The minimum atomic E-state index is -0.0225. The molecule has 0 saturated carbocycles. The molecule has 0 spiro atoms. The number of carbonyl (C=O) groups excluding carboxylic acids is 1. The number of aryl methyl sites for hydroxylation is 1.